The van der Waals surface area contributed by atoms with Crippen LogP contribution in [-0.4, -0.2) is 11.9 Å². The van der Waals surface area contributed by atoms with Crippen LogP contribution in [0.1, 0.15) is 42.4 Å². The molecule has 0 aromatic heterocycles. The van der Waals surface area contributed by atoms with Gasteiger partial charge in [-0.1, -0.05) is 30.2 Å². The Hall–Kier alpha value is -1.31. The lowest BCUT2D eigenvalue weighted by Crippen LogP contribution is -2.39. The molecule has 0 unspecified atom stereocenters. The van der Waals surface area contributed by atoms with E-state index in [1.807, 2.05) is 0 Å². The molecule has 1 aromatic rings. The molecule has 2 saturated carbocycles. The fourth-order valence-electron chi connectivity index (χ4n) is 3.90. The van der Waals surface area contributed by atoms with Gasteiger partial charge in [-0.25, -0.2) is 0 Å². The van der Waals surface area contributed by atoms with Gasteiger partial charge in [0.1, 0.15) is 0 Å². The molecule has 2 heteroatoms. The van der Waals surface area contributed by atoms with Crippen molar-refractivity contribution in [3.8, 4) is 0 Å². The number of carbonyl (C=O) groups is 1. The Kier molecular flexibility index (Phi) is 3.34. The number of benzene rings is 1. The minimum atomic E-state index is 0.199. The summed E-state index contributed by atoms with van der Waals surface area (Å²) in [5.74, 6) is 1.84. The highest BCUT2D eigenvalue weighted by Gasteiger charge is 2.39. The van der Waals surface area contributed by atoms with E-state index in [2.05, 4.69) is 37.4 Å². The molecule has 3 atom stereocenters. The summed E-state index contributed by atoms with van der Waals surface area (Å²) in [5, 5.41) is 3.26. The maximum Gasteiger partial charge on any atom is 0.224 e. The highest BCUT2D eigenvalue weighted by Crippen LogP contribution is 2.44. The molecule has 2 nitrogen and oxygen atoms in total. The number of rotatable bonds is 3. The molecule has 102 valence electrons. The van der Waals surface area contributed by atoms with Gasteiger partial charge >= 0.3 is 0 Å². The van der Waals surface area contributed by atoms with E-state index in [0.29, 0.717) is 12.5 Å². The van der Waals surface area contributed by atoms with Crippen molar-refractivity contribution in [1.82, 2.24) is 5.32 Å². The predicted molar refractivity (Wildman–Crippen MR) is 77.0 cm³/mol. The third-order valence-electron chi connectivity index (χ3n) is 4.93. The first-order valence-corrected chi connectivity index (χ1v) is 7.47. The number of fused-ring (bicyclic) bond motifs is 2. The minimum Gasteiger partial charge on any atom is -0.353 e. The Morgan fingerprint density at radius 3 is 2.74 bits per heavy atom. The summed E-state index contributed by atoms with van der Waals surface area (Å²) in [5.41, 5.74) is 3.64. The highest BCUT2D eigenvalue weighted by atomic mass is 16.1. The molecule has 0 saturated heterocycles. The van der Waals surface area contributed by atoms with Gasteiger partial charge in [0.15, 0.2) is 0 Å². The standard InChI is InChI=1S/C17H23NO/c1-11-3-5-14(12(2)7-11)10-17(19)18-16-9-13-4-6-15(16)8-13/h3,5,7,13,15-16H,4,6,8-10H2,1-2H3,(H,18,19)/t13-,15-,16-/m1/s1. The molecule has 19 heavy (non-hydrogen) atoms. The Labute approximate surface area is 115 Å². The predicted octanol–water partition coefficient (Wildman–Crippen LogP) is 3.15. The molecule has 1 N–H and O–H groups in total. The number of carbonyl (C=O) groups excluding carboxylic acids is 1. The van der Waals surface area contributed by atoms with Crippen molar-refractivity contribution in [1.29, 1.82) is 0 Å². The third kappa shape index (κ3) is 2.68. The normalized spacial score (nSPS) is 28.6. The van der Waals surface area contributed by atoms with Gasteiger partial charge in [-0.05, 0) is 56.1 Å². The van der Waals surface area contributed by atoms with Crippen molar-refractivity contribution in [2.75, 3.05) is 0 Å². The van der Waals surface area contributed by atoms with E-state index in [-0.39, 0.29) is 5.91 Å². The van der Waals surface area contributed by atoms with Gasteiger partial charge < -0.3 is 5.32 Å². The number of aryl methyl sites for hydroxylation is 2. The average molecular weight is 257 g/mol. The van der Waals surface area contributed by atoms with Gasteiger partial charge in [0.2, 0.25) is 5.91 Å². The SMILES string of the molecule is Cc1ccc(CC(=O)N[C@@H]2C[C@@H]3CC[C@@H]2C3)c(C)c1. The van der Waals surface area contributed by atoms with Crippen LogP contribution in [0.2, 0.25) is 0 Å². The monoisotopic (exact) mass is 257 g/mol. The van der Waals surface area contributed by atoms with Crippen molar-refractivity contribution in [3.05, 3.63) is 34.9 Å². The molecule has 1 amide bonds. The zero-order valence-electron chi connectivity index (χ0n) is 11.9. The van der Waals surface area contributed by atoms with E-state index in [0.717, 1.165) is 17.4 Å². The van der Waals surface area contributed by atoms with Crippen LogP contribution in [0.3, 0.4) is 0 Å². The van der Waals surface area contributed by atoms with Crippen molar-refractivity contribution in [2.24, 2.45) is 11.8 Å². The van der Waals surface area contributed by atoms with Crippen LogP contribution in [0.5, 0.6) is 0 Å². The van der Waals surface area contributed by atoms with Crippen molar-refractivity contribution < 1.29 is 4.79 Å². The maximum absolute atomic E-state index is 12.2. The van der Waals surface area contributed by atoms with E-state index in [1.54, 1.807) is 0 Å². The minimum absolute atomic E-state index is 0.199. The molecular formula is C17H23NO. The fraction of sp³-hybridized carbons (Fsp3) is 0.588. The molecule has 2 bridgehead atoms. The lowest BCUT2D eigenvalue weighted by molar-refractivity contribution is -0.121. The van der Waals surface area contributed by atoms with Crippen LogP contribution in [0.25, 0.3) is 0 Å². The van der Waals surface area contributed by atoms with E-state index in [4.69, 9.17) is 0 Å². The summed E-state index contributed by atoms with van der Waals surface area (Å²) >= 11 is 0. The topological polar surface area (TPSA) is 29.1 Å². The highest BCUT2D eigenvalue weighted by molar-refractivity contribution is 5.79. The van der Waals surface area contributed by atoms with Crippen molar-refractivity contribution >= 4 is 5.91 Å². The fourth-order valence-corrected chi connectivity index (χ4v) is 3.90. The molecule has 0 spiro atoms. The zero-order valence-corrected chi connectivity index (χ0v) is 11.9. The molecule has 0 radical (unpaired) electrons. The van der Waals surface area contributed by atoms with Crippen LogP contribution in [0.4, 0.5) is 0 Å². The molecular weight excluding hydrogens is 234 g/mol. The van der Waals surface area contributed by atoms with Crippen LogP contribution >= 0.6 is 0 Å². The zero-order chi connectivity index (χ0) is 13.4. The Morgan fingerprint density at radius 1 is 1.26 bits per heavy atom. The Morgan fingerprint density at radius 2 is 2.11 bits per heavy atom. The first-order valence-electron chi connectivity index (χ1n) is 7.47. The molecule has 2 aliphatic carbocycles. The first kappa shape index (κ1) is 12.7. The molecule has 3 rings (SSSR count). The van der Waals surface area contributed by atoms with E-state index in [9.17, 15) is 4.79 Å². The van der Waals surface area contributed by atoms with Crippen molar-refractivity contribution in [3.63, 3.8) is 0 Å². The van der Waals surface area contributed by atoms with Crippen LogP contribution in [-0.2, 0) is 11.2 Å². The molecule has 2 aliphatic rings. The molecule has 0 aliphatic heterocycles. The van der Waals surface area contributed by atoms with Crippen LogP contribution < -0.4 is 5.32 Å². The summed E-state index contributed by atoms with van der Waals surface area (Å²) in [4.78, 5) is 12.2. The second-order valence-electron chi connectivity index (χ2n) is 6.46. The first-order chi connectivity index (χ1) is 9.11. The van der Waals surface area contributed by atoms with E-state index < -0.39 is 0 Å². The van der Waals surface area contributed by atoms with Crippen LogP contribution in [0.15, 0.2) is 18.2 Å². The second-order valence-corrected chi connectivity index (χ2v) is 6.46. The lowest BCUT2D eigenvalue weighted by atomic mass is 9.95. The summed E-state index contributed by atoms with van der Waals surface area (Å²) in [6.07, 6.45) is 5.78. The largest absolute Gasteiger partial charge is 0.353 e. The summed E-state index contributed by atoms with van der Waals surface area (Å²) in [7, 11) is 0. The van der Waals surface area contributed by atoms with Gasteiger partial charge in [0.05, 0.1) is 6.42 Å². The van der Waals surface area contributed by atoms with Crippen LogP contribution in [0, 0.1) is 25.7 Å². The summed E-state index contributed by atoms with van der Waals surface area (Å²) in [6, 6.07) is 6.79. The Balaban J connectivity index is 1.59. The summed E-state index contributed by atoms with van der Waals surface area (Å²) < 4.78 is 0. The van der Waals surface area contributed by atoms with E-state index >= 15 is 0 Å². The summed E-state index contributed by atoms with van der Waals surface area (Å²) in [6.45, 7) is 4.18. The van der Waals surface area contributed by atoms with Crippen molar-refractivity contribution in [2.45, 2.75) is 52.0 Å². The smallest absolute Gasteiger partial charge is 0.224 e. The lowest BCUT2D eigenvalue weighted by Gasteiger charge is -2.23. The molecule has 2 fully saturated rings. The van der Waals surface area contributed by atoms with Gasteiger partial charge in [-0.3, -0.25) is 4.79 Å². The molecule has 0 heterocycles. The van der Waals surface area contributed by atoms with Gasteiger partial charge in [0.25, 0.3) is 0 Å². The van der Waals surface area contributed by atoms with Gasteiger partial charge in [-0.2, -0.15) is 0 Å². The molecule has 1 aromatic carbocycles. The van der Waals surface area contributed by atoms with E-state index in [1.165, 1.54) is 36.8 Å². The number of hydrogen-bond donors (Lipinski definition) is 1. The average Bonchev–Trinajstić information content (AvgIpc) is 2.95. The second kappa shape index (κ2) is 4.99. The number of amides is 1. The third-order valence-corrected chi connectivity index (χ3v) is 4.93. The van der Waals surface area contributed by atoms with Gasteiger partial charge in [-0.15, -0.1) is 0 Å². The maximum atomic E-state index is 12.2. The quantitative estimate of drug-likeness (QED) is 0.885. The number of nitrogens with one attached hydrogen (secondary N) is 1. The van der Waals surface area contributed by atoms with Gasteiger partial charge in [0, 0.05) is 6.04 Å². The Bertz CT molecular complexity index is 494. The number of hydrogen-bond acceptors (Lipinski definition) is 1.